The zero-order valence-electron chi connectivity index (χ0n) is 13.5. The SMILES string of the molecule is Cc1cncc(N2CCN(C(=O)COc3ccc(Br)cc3)CC2)n1. The number of aryl methyl sites for hydroxylation is 1. The van der Waals surface area contributed by atoms with E-state index in [1.165, 1.54) is 0 Å². The Hall–Kier alpha value is -2.15. The van der Waals surface area contributed by atoms with Gasteiger partial charge in [-0.05, 0) is 31.2 Å². The normalized spacial score (nSPS) is 14.6. The molecule has 1 aromatic carbocycles. The zero-order valence-corrected chi connectivity index (χ0v) is 15.1. The molecular weight excluding hydrogens is 372 g/mol. The van der Waals surface area contributed by atoms with Gasteiger partial charge in [0.15, 0.2) is 6.61 Å². The standard InChI is InChI=1S/C17H19BrN4O2/c1-13-10-19-11-16(20-13)21-6-8-22(9-7-21)17(23)12-24-15-4-2-14(18)3-5-15/h2-5,10-11H,6-9,12H2,1H3. The molecule has 0 saturated carbocycles. The number of aromatic nitrogens is 2. The van der Waals surface area contributed by atoms with Crippen molar-refractivity contribution >= 4 is 27.7 Å². The highest BCUT2D eigenvalue weighted by Crippen LogP contribution is 2.17. The predicted molar refractivity (Wildman–Crippen MR) is 95.2 cm³/mol. The van der Waals surface area contributed by atoms with E-state index in [2.05, 4.69) is 30.8 Å². The Morgan fingerprint density at radius 2 is 1.88 bits per heavy atom. The second-order valence-electron chi connectivity index (χ2n) is 5.63. The first-order valence-corrected chi connectivity index (χ1v) is 8.61. The van der Waals surface area contributed by atoms with Gasteiger partial charge in [-0.3, -0.25) is 9.78 Å². The first kappa shape index (κ1) is 16.7. The van der Waals surface area contributed by atoms with E-state index in [9.17, 15) is 4.79 Å². The molecule has 1 amide bonds. The second-order valence-corrected chi connectivity index (χ2v) is 6.54. The van der Waals surface area contributed by atoms with E-state index in [1.807, 2.05) is 36.1 Å². The highest BCUT2D eigenvalue weighted by molar-refractivity contribution is 9.10. The molecule has 2 heterocycles. The van der Waals surface area contributed by atoms with Crippen molar-refractivity contribution in [3.05, 3.63) is 46.8 Å². The monoisotopic (exact) mass is 390 g/mol. The van der Waals surface area contributed by atoms with Crippen molar-refractivity contribution in [3.8, 4) is 5.75 Å². The summed E-state index contributed by atoms with van der Waals surface area (Å²) in [5.41, 5.74) is 0.897. The Balaban J connectivity index is 1.49. The summed E-state index contributed by atoms with van der Waals surface area (Å²) in [7, 11) is 0. The third-order valence-electron chi connectivity index (χ3n) is 3.87. The van der Waals surface area contributed by atoms with Crippen molar-refractivity contribution in [1.29, 1.82) is 0 Å². The zero-order chi connectivity index (χ0) is 16.9. The van der Waals surface area contributed by atoms with Crippen LogP contribution in [0.15, 0.2) is 41.1 Å². The van der Waals surface area contributed by atoms with Gasteiger partial charge in [0.1, 0.15) is 11.6 Å². The van der Waals surface area contributed by atoms with Gasteiger partial charge in [0.05, 0.1) is 11.9 Å². The molecule has 126 valence electrons. The smallest absolute Gasteiger partial charge is 0.260 e. The maximum Gasteiger partial charge on any atom is 0.260 e. The molecule has 3 rings (SSSR count). The summed E-state index contributed by atoms with van der Waals surface area (Å²) in [5.74, 6) is 1.57. The summed E-state index contributed by atoms with van der Waals surface area (Å²) in [6.07, 6.45) is 3.50. The van der Waals surface area contributed by atoms with Crippen LogP contribution in [-0.2, 0) is 4.79 Å². The maximum atomic E-state index is 12.3. The van der Waals surface area contributed by atoms with E-state index >= 15 is 0 Å². The molecule has 1 saturated heterocycles. The molecule has 1 aliphatic heterocycles. The second kappa shape index (κ2) is 7.61. The molecule has 1 aliphatic rings. The van der Waals surface area contributed by atoms with Crippen LogP contribution in [0.4, 0.5) is 5.82 Å². The highest BCUT2D eigenvalue weighted by Gasteiger charge is 2.22. The minimum Gasteiger partial charge on any atom is -0.484 e. The largest absolute Gasteiger partial charge is 0.484 e. The van der Waals surface area contributed by atoms with Crippen LogP contribution in [-0.4, -0.2) is 53.6 Å². The molecule has 0 spiro atoms. The van der Waals surface area contributed by atoms with Crippen LogP contribution in [0.1, 0.15) is 5.69 Å². The average Bonchev–Trinajstić information content (AvgIpc) is 2.61. The van der Waals surface area contributed by atoms with E-state index in [0.29, 0.717) is 18.8 Å². The van der Waals surface area contributed by atoms with Gasteiger partial charge in [-0.2, -0.15) is 0 Å². The maximum absolute atomic E-state index is 12.3. The van der Waals surface area contributed by atoms with Crippen LogP contribution in [0, 0.1) is 6.92 Å². The van der Waals surface area contributed by atoms with E-state index in [1.54, 1.807) is 12.4 Å². The van der Waals surface area contributed by atoms with Crippen molar-refractivity contribution in [2.24, 2.45) is 0 Å². The summed E-state index contributed by atoms with van der Waals surface area (Å²) in [4.78, 5) is 24.9. The average molecular weight is 391 g/mol. The number of hydrogen-bond acceptors (Lipinski definition) is 5. The molecule has 7 heteroatoms. The lowest BCUT2D eigenvalue weighted by atomic mass is 10.3. The number of rotatable bonds is 4. The van der Waals surface area contributed by atoms with Crippen molar-refractivity contribution in [2.45, 2.75) is 6.92 Å². The lowest BCUT2D eigenvalue weighted by Gasteiger charge is -2.35. The van der Waals surface area contributed by atoms with Crippen molar-refractivity contribution in [1.82, 2.24) is 14.9 Å². The molecule has 0 atom stereocenters. The Labute approximate surface area is 149 Å². The highest BCUT2D eigenvalue weighted by atomic mass is 79.9. The number of nitrogens with zero attached hydrogens (tertiary/aromatic N) is 4. The predicted octanol–water partition coefficient (Wildman–Crippen LogP) is 2.28. The fourth-order valence-electron chi connectivity index (χ4n) is 2.55. The Bertz CT molecular complexity index is 700. The fraction of sp³-hybridized carbons (Fsp3) is 0.353. The van der Waals surface area contributed by atoms with Gasteiger partial charge in [-0.1, -0.05) is 15.9 Å². The van der Waals surface area contributed by atoms with E-state index < -0.39 is 0 Å². The topological polar surface area (TPSA) is 58.6 Å². The van der Waals surface area contributed by atoms with Crippen LogP contribution >= 0.6 is 15.9 Å². The number of piperazine rings is 1. The third-order valence-corrected chi connectivity index (χ3v) is 4.40. The Kier molecular flexibility index (Phi) is 5.30. The van der Waals surface area contributed by atoms with Gasteiger partial charge >= 0.3 is 0 Å². The Morgan fingerprint density at radius 1 is 1.17 bits per heavy atom. The van der Waals surface area contributed by atoms with Crippen LogP contribution in [0.3, 0.4) is 0 Å². The number of halogens is 1. The van der Waals surface area contributed by atoms with Crippen LogP contribution in [0.2, 0.25) is 0 Å². The molecule has 0 unspecified atom stereocenters. The lowest BCUT2D eigenvalue weighted by molar-refractivity contribution is -0.133. The number of amides is 1. The first-order valence-electron chi connectivity index (χ1n) is 7.81. The molecule has 0 bridgehead atoms. The molecule has 0 N–H and O–H groups in total. The summed E-state index contributed by atoms with van der Waals surface area (Å²) in [5, 5.41) is 0. The number of ether oxygens (including phenoxy) is 1. The van der Waals surface area contributed by atoms with Gasteiger partial charge in [0.25, 0.3) is 5.91 Å². The van der Waals surface area contributed by atoms with Crippen LogP contribution in [0.25, 0.3) is 0 Å². The van der Waals surface area contributed by atoms with E-state index in [4.69, 9.17) is 4.74 Å². The molecule has 1 aromatic heterocycles. The third kappa shape index (κ3) is 4.23. The first-order chi connectivity index (χ1) is 11.6. The van der Waals surface area contributed by atoms with Crippen molar-refractivity contribution in [3.63, 3.8) is 0 Å². The number of carbonyl (C=O) groups is 1. The number of benzene rings is 1. The van der Waals surface area contributed by atoms with Gasteiger partial charge in [0.2, 0.25) is 0 Å². The minimum absolute atomic E-state index is 0.00731. The van der Waals surface area contributed by atoms with Crippen molar-refractivity contribution in [2.75, 3.05) is 37.7 Å². The Morgan fingerprint density at radius 3 is 2.54 bits per heavy atom. The van der Waals surface area contributed by atoms with E-state index in [-0.39, 0.29) is 12.5 Å². The minimum atomic E-state index is 0.00731. The summed E-state index contributed by atoms with van der Waals surface area (Å²) in [6.45, 7) is 4.82. The lowest BCUT2D eigenvalue weighted by Crippen LogP contribution is -2.50. The molecule has 6 nitrogen and oxygen atoms in total. The molecular formula is C17H19BrN4O2. The molecule has 24 heavy (non-hydrogen) atoms. The summed E-state index contributed by atoms with van der Waals surface area (Å²) in [6, 6.07) is 7.46. The van der Waals surface area contributed by atoms with Gasteiger partial charge in [-0.15, -0.1) is 0 Å². The van der Waals surface area contributed by atoms with Gasteiger partial charge < -0.3 is 14.5 Å². The number of hydrogen-bond donors (Lipinski definition) is 0. The molecule has 2 aromatic rings. The molecule has 1 fully saturated rings. The van der Waals surface area contributed by atoms with Crippen molar-refractivity contribution < 1.29 is 9.53 Å². The van der Waals surface area contributed by atoms with Gasteiger partial charge in [-0.25, -0.2) is 4.98 Å². The summed E-state index contributed by atoms with van der Waals surface area (Å²) >= 11 is 3.37. The fourth-order valence-corrected chi connectivity index (χ4v) is 2.82. The van der Waals surface area contributed by atoms with E-state index in [0.717, 1.165) is 29.1 Å². The molecule has 0 aliphatic carbocycles. The number of anilines is 1. The van der Waals surface area contributed by atoms with Crippen LogP contribution in [0.5, 0.6) is 5.75 Å². The quantitative estimate of drug-likeness (QED) is 0.801. The summed E-state index contributed by atoms with van der Waals surface area (Å²) < 4.78 is 6.54. The molecule has 0 radical (unpaired) electrons. The van der Waals surface area contributed by atoms with Crippen LogP contribution < -0.4 is 9.64 Å². The number of carbonyl (C=O) groups excluding carboxylic acids is 1. The van der Waals surface area contributed by atoms with Gasteiger partial charge in [0, 0.05) is 36.8 Å².